The highest BCUT2D eigenvalue weighted by atomic mass is 32.2. The molecule has 1 unspecified atom stereocenters. The van der Waals surface area contributed by atoms with Gasteiger partial charge in [-0.15, -0.1) is 0 Å². The Kier molecular flexibility index (Phi) is 5.49. The van der Waals surface area contributed by atoms with E-state index in [-0.39, 0.29) is 10.9 Å². The van der Waals surface area contributed by atoms with Crippen molar-refractivity contribution >= 4 is 15.7 Å². The van der Waals surface area contributed by atoms with Gasteiger partial charge in [0.25, 0.3) is 5.88 Å². The number of ether oxygens (including phenoxy) is 2. The van der Waals surface area contributed by atoms with Crippen molar-refractivity contribution in [2.24, 2.45) is 0 Å². The molecule has 0 aromatic carbocycles. The van der Waals surface area contributed by atoms with E-state index < -0.39 is 9.84 Å². The number of pyridine rings is 2. The molecule has 0 amide bonds. The molecule has 4 rings (SSSR count). The fraction of sp³-hybridized carbons (Fsp3) is 0.300. The Labute approximate surface area is 174 Å². The average Bonchev–Trinajstić information content (AvgIpc) is 2.77. The van der Waals surface area contributed by atoms with Crippen molar-refractivity contribution in [2.75, 3.05) is 31.3 Å². The molecule has 0 fully saturated rings. The number of hydrogen-bond donors (Lipinski definition) is 1. The van der Waals surface area contributed by atoms with E-state index in [0.29, 0.717) is 48.5 Å². The van der Waals surface area contributed by atoms with Crippen LogP contribution in [0, 0.1) is 0 Å². The van der Waals surface area contributed by atoms with Gasteiger partial charge in [-0.1, -0.05) is 6.92 Å². The van der Waals surface area contributed by atoms with Crippen LogP contribution in [0.4, 0.5) is 5.82 Å². The van der Waals surface area contributed by atoms with Crippen LogP contribution in [0.5, 0.6) is 11.6 Å². The fourth-order valence-corrected chi connectivity index (χ4v) is 3.65. The van der Waals surface area contributed by atoms with E-state index in [2.05, 4.69) is 32.2 Å². The van der Waals surface area contributed by atoms with Crippen molar-refractivity contribution < 1.29 is 17.9 Å². The first-order chi connectivity index (χ1) is 14.4. The lowest BCUT2D eigenvalue weighted by atomic mass is 10.0. The molecule has 1 N–H and O–H groups in total. The van der Waals surface area contributed by atoms with Gasteiger partial charge >= 0.3 is 0 Å². The Morgan fingerprint density at radius 3 is 2.70 bits per heavy atom. The van der Waals surface area contributed by atoms with Gasteiger partial charge in [0, 0.05) is 48.3 Å². The van der Waals surface area contributed by atoms with Crippen molar-refractivity contribution in [1.82, 2.24) is 19.9 Å². The molecule has 0 saturated heterocycles. The third-order valence-corrected chi connectivity index (χ3v) is 5.67. The standard InChI is InChI=1S/C20H21N5O4S/c1-13(15-5-6-21-20-19(15)28-7-8-29-20)10-22-17-9-16(24-12-25-17)14-3-4-18(23-11-14)30(2,26)27/h3-6,9,11-13H,7-8,10H2,1-2H3,(H,22,24,25). The molecule has 30 heavy (non-hydrogen) atoms. The highest BCUT2D eigenvalue weighted by Gasteiger charge is 2.20. The quantitative estimate of drug-likeness (QED) is 0.632. The summed E-state index contributed by atoms with van der Waals surface area (Å²) >= 11 is 0. The Balaban J connectivity index is 1.48. The number of anilines is 1. The van der Waals surface area contributed by atoms with Gasteiger partial charge in [-0.25, -0.2) is 28.4 Å². The highest BCUT2D eigenvalue weighted by Crippen LogP contribution is 2.35. The molecule has 0 aliphatic carbocycles. The molecule has 1 aliphatic heterocycles. The maximum Gasteiger partial charge on any atom is 0.257 e. The zero-order chi connectivity index (χ0) is 21.1. The topological polar surface area (TPSA) is 116 Å². The summed E-state index contributed by atoms with van der Waals surface area (Å²) in [7, 11) is -3.34. The van der Waals surface area contributed by atoms with Crippen LogP contribution in [0.15, 0.2) is 48.0 Å². The minimum Gasteiger partial charge on any atom is -0.484 e. The molecule has 0 radical (unpaired) electrons. The van der Waals surface area contributed by atoms with Crippen LogP contribution in [-0.2, 0) is 9.84 Å². The molecule has 3 aromatic rings. The average molecular weight is 427 g/mol. The molecule has 0 spiro atoms. The molecular weight excluding hydrogens is 406 g/mol. The third-order valence-electron chi connectivity index (χ3n) is 4.67. The molecule has 0 bridgehead atoms. The molecule has 1 aliphatic rings. The molecule has 10 heteroatoms. The van der Waals surface area contributed by atoms with E-state index in [1.165, 1.54) is 18.6 Å². The molecular formula is C20H21N5O4S. The first-order valence-electron chi connectivity index (χ1n) is 9.39. The SMILES string of the molecule is CC(CNc1cc(-c2ccc(S(C)(=O)=O)nc2)ncn1)c1ccnc2c1OCCO2. The summed E-state index contributed by atoms with van der Waals surface area (Å²) < 4.78 is 34.4. The predicted molar refractivity (Wildman–Crippen MR) is 111 cm³/mol. The van der Waals surface area contributed by atoms with Gasteiger partial charge in [0.15, 0.2) is 20.6 Å². The van der Waals surface area contributed by atoms with Crippen LogP contribution in [-0.4, -0.2) is 54.4 Å². The minimum atomic E-state index is -3.34. The first kappa shape index (κ1) is 20.0. The van der Waals surface area contributed by atoms with E-state index in [9.17, 15) is 8.42 Å². The van der Waals surface area contributed by atoms with Gasteiger partial charge in [0.1, 0.15) is 25.4 Å². The number of hydrogen-bond acceptors (Lipinski definition) is 9. The van der Waals surface area contributed by atoms with Crippen molar-refractivity contribution in [3.63, 3.8) is 0 Å². The zero-order valence-electron chi connectivity index (χ0n) is 16.6. The van der Waals surface area contributed by atoms with E-state index in [0.717, 1.165) is 11.8 Å². The highest BCUT2D eigenvalue weighted by molar-refractivity contribution is 7.90. The summed E-state index contributed by atoms with van der Waals surface area (Å²) in [6, 6.07) is 6.88. The molecule has 3 aromatic heterocycles. The van der Waals surface area contributed by atoms with Crippen LogP contribution in [0.25, 0.3) is 11.3 Å². The normalized spacial score (nSPS) is 14.2. The Morgan fingerprint density at radius 2 is 1.93 bits per heavy atom. The summed E-state index contributed by atoms with van der Waals surface area (Å²) in [6.45, 7) is 3.70. The molecule has 156 valence electrons. The van der Waals surface area contributed by atoms with Crippen LogP contribution < -0.4 is 14.8 Å². The van der Waals surface area contributed by atoms with E-state index in [4.69, 9.17) is 9.47 Å². The summed E-state index contributed by atoms with van der Waals surface area (Å²) in [5, 5.41) is 3.34. The first-order valence-corrected chi connectivity index (χ1v) is 11.3. The van der Waals surface area contributed by atoms with E-state index in [1.54, 1.807) is 18.3 Å². The summed E-state index contributed by atoms with van der Waals surface area (Å²) in [5.41, 5.74) is 2.36. The number of sulfone groups is 1. The third kappa shape index (κ3) is 4.33. The van der Waals surface area contributed by atoms with Crippen molar-refractivity contribution in [1.29, 1.82) is 0 Å². The largest absolute Gasteiger partial charge is 0.484 e. The zero-order valence-corrected chi connectivity index (χ0v) is 17.4. The number of rotatable bonds is 6. The molecule has 1 atom stereocenters. The van der Waals surface area contributed by atoms with Gasteiger partial charge in [-0.3, -0.25) is 0 Å². The smallest absolute Gasteiger partial charge is 0.257 e. The molecule has 4 heterocycles. The number of nitrogens with zero attached hydrogens (tertiary/aromatic N) is 4. The van der Waals surface area contributed by atoms with Gasteiger partial charge in [0.05, 0.1) is 5.69 Å². The lowest BCUT2D eigenvalue weighted by Crippen LogP contribution is -2.19. The fourth-order valence-electron chi connectivity index (χ4n) is 3.09. The lowest BCUT2D eigenvalue weighted by Gasteiger charge is -2.22. The number of nitrogens with one attached hydrogen (secondary N) is 1. The summed E-state index contributed by atoms with van der Waals surface area (Å²) in [6.07, 6.45) is 5.79. The molecule has 9 nitrogen and oxygen atoms in total. The maximum atomic E-state index is 11.6. The number of fused-ring (bicyclic) bond motifs is 1. The van der Waals surface area contributed by atoms with Crippen LogP contribution >= 0.6 is 0 Å². The van der Waals surface area contributed by atoms with Crippen LogP contribution in [0.3, 0.4) is 0 Å². The van der Waals surface area contributed by atoms with Crippen molar-refractivity contribution in [3.05, 3.63) is 48.5 Å². The Morgan fingerprint density at radius 1 is 1.10 bits per heavy atom. The minimum absolute atomic E-state index is 0.0272. The maximum absolute atomic E-state index is 11.6. The molecule has 0 saturated carbocycles. The lowest BCUT2D eigenvalue weighted by molar-refractivity contribution is 0.162. The van der Waals surface area contributed by atoms with Crippen LogP contribution in [0.2, 0.25) is 0 Å². The van der Waals surface area contributed by atoms with Gasteiger partial charge in [0.2, 0.25) is 0 Å². The van der Waals surface area contributed by atoms with E-state index in [1.807, 2.05) is 6.07 Å². The summed E-state index contributed by atoms with van der Waals surface area (Å²) in [5.74, 6) is 2.00. The monoisotopic (exact) mass is 427 g/mol. The second kappa shape index (κ2) is 8.23. The van der Waals surface area contributed by atoms with Crippen molar-refractivity contribution in [3.8, 4) is 22.9 Å². The second-order valence-electron chi connectivity index (χ2n) is 6.96. The Hall–Kier alpha value is -3.27. The van der Waals surface area contributed by atoms with Crippen LogP contribution in [0.1, 0.15) is 18.4 Å². The van der Waals surface area contributed by atoms with Gasteiger partial charge in [-0.2, -0.15) is 0 Å². The summed E-state index contributed by atoms with van der Waals surface area (Å²) in [4.78, 5) is 16.8. The predicted octanol–water partition coefficient (Wildman–Crippen LogP) is 2.32. The van der Waals surface area contributed by atoms with Gasteiger partial charge in [-0.05, 0) is 18.2 Å². The second-order valence-corrected chi connectivity index (χ2v) is 8.92. The van der Waals surface area contributed by atoms with E-state index >= 15 is 0 Å². The van der Waals surface area contributed by atoms with Gasteiger partial charge < -0.3 is 14.8 Å². The Bertz CT molecular complexity index is 1150. The van der Waals surface area contributed by atoms with Crippen molar-refractivity contribution in [2.45, 2.75) is 17.9 Å². The number of aromatic nitrogens is 4.